The molecule has 0 bridgehead atoms. The van der Waals surface area contributed by atoms with E-state index in [0.29, 0.717) is 30.2 Å². The van der Waals surface area contributed by atoms with E-state index in [1.807, 2.05) is 51.1 Å². The van der Waals surface area contributed by atoms with E-state index in [-0.39, 0.29) is 5.91 Å². The fourth-order valence-corrected chi connectivity index (χ4v) is 2.95. The van der Waals surface area contributed by atoms with Crippen molar-refractivity contribution in [2.75, 3.05) is 21.3 Å². The maximum atomic E-state index is 12.6. The van der Waals surface area contributed by atoms with Crippen LogP contribution in [0.5, 0.6) is 23.0 Å². The van der Waals surface area contributed by atoms with Crippen molar-refractivity contribution in [3.8, 4) is 23.0 Å². The van der Waals surface area contributed by atoms with Crippen LogP contribution in [-0.2, 0) is 11.3 Å². The van der Waals surface area contributed by atoms with Crippen molar-refractivity contribution < 1.29 is 23.7 Å². The van der Waals surface area contributed by atoms with Gasteiger partial charge in [0.05, 0.1) is 21.3 Å². The Morgan fingerprint density at radius 3 is 2.11 bits per heavy atom. The minimum absolute atomic E-state index is 0.170. The van der Waals surface area contributed by atoms with Gasteiger partial charge in [-0.2, -0.15) is 0 Å². The van der Waals surface area contributed by atoms with E-state index in [9.17, 15) is 4.79 Å². The normalized spacial score (nSPS) is 11.5. The van der Waals surface area contributed by atoms with E-state index in [4.69, 9.17) is 18.9 Å². The van der Waals surface area contributed by atoms with Crippen molar-refractivity contribution in [2.24, 2.45) is 0 Å². The summed E-state index contributed by atoms with van der Waals surface area (Å²) in [5, 5.41) is 2.93. The van der Waals surface area contributed by atoms with E-state index in [2.05, 4.69) is 5.32 Å². The van der Waals surface area contributed by atoms with Crippen molar-refractivity contribution >= 4 is 5.91 Å². The third-order valence-electron chi connectivity index (χ3n) is 4.45. The van der Waals surface area contributed by atoms with E-state index >= 15 is 0 Å². The average molecular weight is 387 g/mol. The van der Waals surface area contributed by atoms with Crippen LogP contribution in [0.15, 0.2) is 30.3 Å². The summed E-state index contributed by atoms with van der Waals surface area (Å²) in [6.45, 7) is 6.25. The van der Waals surface area contributed by atoms with Crippen LogP contribution < -0.4 is 24.3 Å². The van der Waals surface area contributed by atoms with Crippen LogP contribution >= 0.6 is 0 Å². The fraction of sp³-hybridized carbons (Fsp3) is 0.409. The number of methoxy groups -OCH3 is 3. The first-order valence-corrected chi connectivity index (χ1v) is 9.23. The number of rotatable bonds is 9. The van der Waals surface area contributed by atoms with Gasteiger partial charge >= 0.3 is 0 Å². The second kappa shape index (κ2) is 9.88. The highest BCUT2D eigenvalue weighted by Gasteiger charge is 2.20. The van der Waals surface area contributed by atoms with Gasteiger partial charge < -0.3 is 24.3 Å². The molecule has 0 radical (unpaired) electrons. The first kappa shape index (κ1) is 21.4. The van der Waals surface area contributed by atoms with Gasteiger partial charge in [0, 0.05) is 6.54 Å². The lowest BCUT2D eigenvalue weighted by Gasteiger charge is -2.19. The number of nitrogens with one attached hydrogen (secondary N) is 1. The zero-order valence-corrected chi connectivity index (χ0v) is 17.4. The predicted molar refractivity (Wildman–Crippen MR) is 109 cm³/mol. The van der Waals surface area contributed by atoms with Crippen LogP contribution in [0.1, 0.15) is 30.0 Å². The SMILES string of the molecule is CCC(Oc1ccc(C)cc1C)C(=O)NCc1cc(OC)c(OC)c(OC)c1. The highest BCUT2D eigenvalue weighted by Crippen LogP contribution is 2.38. The highest BCUT2D eigenvalue weighted by molar-refractivity contribution is 5.81. The first-order chi connectivity index (χ1) is 13.4. The second-order valence-electron chi connectivity index (χ2n) is 6.54. The molecule has 152 valence electrons. The number of carbonyl (C=O) groups is 1. The molecule has 2 aromatic rings. The van der Waals surface area contributed by atoms with Crippen LogP contribution in [0.4, 0.5) is 0 Å². The molecule has 28 heavy (non-hydrogen) atoms. The second-order valence-corrected chi connectivity index (χ2v) is 6.54. The Balaban J connectivity index is 2.09. The molecular formula is C22H29NO5. The average Bonchev–Trinajstić information content (AvgIpc) is 2.70. The Kier molecular flexibility index (Phi) is 7.55. The van der Waals surface area contributed by atoms with Gasteiger partial charge in [-0.15, -0.1) is 0 Å². The van der Waals surface area contributed by atoms with Crippen molar-refractivity contribution in [2.45, 2.75) is 39.8 Å². The van der Waals surface area contributed by atoms with Crippen LogP contribution in [0.3, 0.4) is 0 Å². The molecule has 0 saturated heterocycles. The molecule has 1 atom stereocenters. The predicted octanol–water partition coefficient (Wildman–Crippen LogP) is 3.80. The maximum Gasteiger partial charge on any atom is 0.261 e. The van der Waals surface area contributed by atoms with Gasteiger partial charge in [-0.05, 0) is 49.6 Å². The van der Waals surface area contributed by atoms with E-state index in [1.54, 1.807) is 21.3 Å². The van der Waals surface area contributed by atoms with Crippen molar-refractivity contribution in [3.63, 3.8) is 0 Å². The van der Waals surface area contributed by atoms with Gasteiger partial charge in [-0.1, -0.05) is 24.6 Å². The zero-order valence-electron chi connectivity index (χ0n) is 17.4. The lowest BCUT2D eigenvalue weighted by atomic mass is 10.1. The van der Waals surface area contributed by atoms with Crippen LogP contribution in [-0.4, -0.2) is 33.3 Å². The Labute approximate surface area is 166 Å². The Morgan fingerprint density at radius 1 is 0.964 bits per heavy atom. The summed E-state index contributed by atoms with van der Waals surface area (Å²) in [7, 11) is 4.67. The molecule has 0 heterocycles. The molecule has 1 unspecified atom stereocenters. The maximum absolute atomic E-state index is 12.6. The molecule has 0 fully saturated rings. The molecule has 6 nitrogen and oxygen atoms in total. The molecule has 1 N–H and O–H groups in total. The number of benzene rings is 2. The minimum atomic E-state index is -0.566. The van der Waals surface area contributed by atoms with Gasteiger partial charge in [0.25, 0.3) is 5.91 Å². The summed E-state index contributed by atoms with van der Waals surface area (Å²) in [5.41, 5.74) is 3.00. The third-order valence-corrected chi connectivity index (χ3v) is 4.45. The Hall–Kier alpha value is -2.89. The number of aryl methyl sites for hydroxylation is 2. The molecule has 2 rings (SSSR count). The van der Waals surface area contributed by atoms with Crippen molar-refractivity contribution in [1.82, 2.24) is 5.32 Å². The van der Waals surface area contributed by atoms with Crippen molar-refractivity contribution in [3.05, 3.63) is 47.0 Å². The lowest BCUT2D eigenvalue weighted by Crippen LogP contribution is -2.37. The standard InChI is InChI=1S/C22H29NO5/c1-7-17(28-18-9-8-14(2)10-15(18)3)22(24)23-13-16-11-19(25-4)21(27-6)20(12-16)26-5/h8-12,17H,7,13H2,1-6H3,(H,23,24). The van der Waals surface area contributed by atoms with Crippen molar-refractivity contribution in [1.29, 1.82) is 0 Å². The lowest BCUT2D eigenvalue weighted by molar-refractivity contribution is -0.128. The summed E-state index contributed by atoms with van der Waals surface area (Å²) in [6.07, 6.45) is -0.00236. The van der Waals surface area contributed by atoms with E-state index < -0.39 is 6.10 Å². The summed E-state index contributed by atoms with van der Waals surface area (Å²) in [4.78, 5) is 12.6. The first-order valence-electron chi connectivity index (χ1n) is 9.23. The van der Waals surface area contributed by atoms with Gasteiger partial charge in [0.2, 0.25) is 5.75 Å². The Bertz CT molecular complexity index is 794. The molecule has 0 aromatic heterocycles. The molecule has 6 heteroatoms. The molecule has 0 aliphatic carbocycles. The molecule has 2 aromatic carbocycles. The van der Waals surface area contributed by atoms with E-state index in [0.717, 1.165) is 22.4 Å². The smallest absolute Gasteiger partial charge is 0.261 e. The quantitative estimate of drug-likeness (QED) is 0.709. The Morgan fingerprint density at radius 2 is 1.61 bits per heavy atom. The summed E-state index contributed by atoms with van der Waals surface area (Å²) >= 11 is 0. The van der Waals surface area contributed by atoms with Crippen LogP contribution in [0, 0.1) is 13.8 Å². The number of amides is 1. The van der Waals surface area contributed by atoms with Gasteiger partial charge in [-0.25, -0.2) is 0 Å². The molecule has 1 amide bonds. The molecule has 0 aliphatic heterocycles. The highest BCUT2D eigenvalue weighted by atomic mass is 16.5. The summed E-state index contributed by atoms with van der Waals surface area (Å²) in [6, 6.07) is 9.54. The third kappa shape index (κ3) is 5.09. The molecular weight excluding hydrogens is 358 g/mol. The minimum Gasteiger partial charge on any atom is -0.493 e. The van der Waals surface area contributed by atoms with E-state index in [1.165, 1.54) is 0 Å². The monoisotopic (exact) mass is 387 g/mol. The van der Waals surface area contributed by atoms with Gasteiger partial charge in [0.15, 0.2) is 17.6 Å². The summed E-state index contributed by atoms with van der Waals surface area (Å²) < 4.78 is 22.0. The largest absolute Gasteiger partial charge is 0.493 e. The van der Waals surface area contributed by atoms with Crippen LogP contribution in [0.25, 0.3) is 0 Å². The number of ether oxygens (including phenoxy) is 4. The molecule has 0 spiro atoms. The number of hydrogen-bond donors (Lipinski definition) is 1. The zero-order chi connectivity index (χ0) is 20.7. The number of hydrogen-bond acceptors (Lipinski definition) is 5. The fourth-order valence-electron chi connectivity index (χ4n) is 2.95. The summed E-state index contributed by atoms with van der Waals surface area (Å²) in [5.74, 6) is 2.16. The topological polar surface area (TPSA) is 66.0 Å². The molecule has 0 saturated carbocycles. The van der Waals surface area contributed by atoms with Crippen LogP contribution in [0.2, 0.25) is 0 Å². The molecule has 0 aliphatic rings. The van der Waals surface area contributed by atoms with Gasteiger partial charge in [0.1, 0.15) is 5.75 Å². The number of carbonyl (C=O) groups excluding carboxylic acids is 1. The van der Waals surface area contributed by atoms with Gasteiger partial charge in [-0.3, -0.25) is 4.79 Å².